The summed E-state index contributed by atoms with van der Waals surface area (Å²) in [5.41, 5.74) is 3.67. The second-order valence-corrected chi connectivity index (χ2v) is 9.25. The van der Waals surface area contributed by atoms with Crippen molar-refractivity contribution < 1.29 is 4.79 Å². The van der Waals surface area contributed by atoms with Crippen LogP contribution in [0.15, 0.2) is 60.0 Å². The van der Waals surface area contributed by atoms with Gasteiger partial charge in [-0.05, 0) is 35.7 Å². The summed E-state index contributed by atoms with van der Waals surface area (Å²) in [5, 5.41) is 19.1. The molecule has 33 heavy (non-hydrogen) atoms. The van der Waals surface area contributed by atoms with E-state index in [0.29, 0.717) is 22.6 Å². The van der Waals surface area contributed by atoms with Gasteiger partial charge in [0.2, 0.25) is 5.91 Å². The first-order chi connectivity index (χ1) is 15.9. The molecule has 2 heterocycles. The first-order valence-corrected chi connectivity index (χ1v) is 11.9. The standard InChI is InChI=1S/C24H27N7OS/c1-15(2)17-9-11-18(12-10-17)31-14-25-30-24(31)33-13-21(32)26-20-8-6-5-7-19(20)23-27-22(16(3)4)28-29-23/h5-12,14-16H,13H2,1-4H3,(H,26,32)(H,27,28,29). The summed E-state index contributed by atoms with van der Waals surface area (Å²) >= 11 is 1.34. The zero-order valence-electron chi connectivity index (χ0n) is 19.1. The third-order valence-electron chi connectivity index (χ3n) is 5.18. The molecule has 0 radical (unpaired) electrons. The van der Waals surface area contributed by atoms with Gasteiger partial charge < -0.3 is 5.32 Å². The Bertz CT molecular complexity index is 1230. The lowest BCUT2D eigenvalue weighted by molar-refractivity contribution is -0.113. The van der Waals surface area contributed by atoms with Gasteiger partial charge in [-0.15, -0.1) is 10.2 Å². The van der Waals surface area contributed by atoms with Crippen LogP contribution in [0.4, 0.5) is 5.69 Å². The number of carbonyl (C=O) groups is 1. The molecule has 0 aliphatic carbocycles. The Kier molecular flexibility index (Phi) is 6.88. The molecule has 0 aliphatic heterocycles. The van der Waals surface area contributed by atoms with Crippen LogP contribution in [0.5, 0.6) is 0 Å². The first kappa shape index (κ1) is 22.7. The number of hydrogen-bond donors (Lipinski definition) is 2. The van der Waals surface area contributed by atoms with Crippen molar-refractivity contribution in [2.45, 2.75) is 44.7 Å². The largest absolute Gasteiger partial charge is 0.325 e. The Hall–Kier alpha value is -3.46. The van der Waals surface area contributed by atoms with E-state index in [1.165, 1.54) is 17.3 Å². The van der Waals surface area contributed by atoms with Crippen LogP contribution >= 0.6 is 11.8 Å². The number of benzene rings is 2. The molecule has 9 heteroatoms. The van der Waals surface area contributed by atoms with Crippen LogP contribution in [-0.2, 0) is 4.79 Å². The summed E-state index contributed by atoms with van der Waals surface area (Å²) in [7, 11) is 0. The van der Waals surface area contributed by atoms with Gasteiger partial charge in [-0.3, -0.25) is 14.5 Å². The SMILES string of the molecule is CC(C)c1ccc(-n2cnnc2SCC(=O)Nc2ccccc2-c2n[nH]c(C(C)C)n2)cc1. The summed E-state index contributed by atoms with van der Waals surface area (Å²) in [6, 6.07) is 15.8. The van der Waals surface area contributed by atoms with Crippen molar-refractivity contribution in [1.82, 2.24) is 29.9 Å². The summed E-state index contributed by atoms with van der Waals surface area (Å²) in [4.78, 5) is 17.3. The third-order valence-corrected chi connectivity index (χ3v) is 6.12. The van der Waals surface area contributed by atoms with Gasteiger partial charge >= 0.3 is 0 Å². The number of anilines is 1. The number of aromatic nitrogens is 6. The lowest BCUT2D eigenvalue weighted by atomic mass is 10.0. The summed E-state index contributed by atoms with van der Waals surface area (Å²) in [5.74, 6) is 2.13. The lowest BCUT2D eigenvalue weighted by Crippen LogP contribution is -2.15. The third kappa shape index (κ3) is 5.31. The first-order valence-electron chi connectivity index (χ1n) is 10.9. The number of hydrogen-bond acceptors (Lipinski definition) is 6. The average molecular weight is 462 g/mol. The Morgan fingerprint density at radius 2 is 1.82 bits per heavy atom. The molecule has 2 aromatic heterocycles. The van der Waals surface area contributed by atoms with Crippen LogP contribution in [-0.4, -0.2) is 41.6 Å². The highest BCUT2D eigenvalue weighted by Gasteiger charge is 2.15. The smallest absolute Gasteiger partial charge is 0.234 e. The van der Waals surface area contributed by atoms with Crippen LogP contribution in [0, 0.1) is 0 Å². The number of aromatic amines is 1. The maximum Gasteiger partial charge on any atom is 0.234 e. The molecule has 1 amide bonds. The highest BCUT2D eigenvalue weighted by atomic mass is 32.2. The van der Waals surface area contributed by atoms with Crippen LogP contribution in [0.2, 0.25) is 0 Å². The molecule has 0 atom stereocenters. The molecule has 0 unspecified atom stereocenters. The van der Waals surface area contributed by atoms with Crippen LogP contribution < -0.4 is 5.32 Å². The van der Waals surface area contributed by atoms with Gasteiger partial charge in [-0.1, -0.05) is 63.7 Å². The zero-order valence-corrected chi connectivity index (χ0v) is 19.9. The van der Waals surface area contributed by atoms with Crippen molar-refractivity contribution in [1.29, 1.82) is 0 Å². The highest BCUT2D eigenvalue weighted by Crippen LogP contribution is 2.27. The van der Waals surface area contributed by atoms with E-state index in [2.05, 4.69) is 56.7 Å². The summed E-state index contributed by atoms with van der Waals surface area (Å²) in [6.07, 6.45) is 1.66. The molecule has 0 spiro atoms. The number of thioether (sulfide) groups is 1. The van der Waals surface area contributed by atoms with Crippen LogP contribution in [0.3, 0.4) is 0 Å². The van der Waals surface area contributed by atoms with E-state index in [0.717, 1.165) is 17.1 Å². The predicted molar refractivity (Wildman–Crippen MR) is 131 cm³/mol. The number of nitrogens with one attached hydrogen (secondary N) is 2. The fraction of sp³-hybridized carbons (Fsp3) is 0.292. The average Bonchev–Trinajstić information content (AvgIpc) is 3.48. The van der Waals surface area contributed by atoms with Crippen molar-refractivity contribution in [3.05, 3.63) is 66.2 Å². The van der Waals surface area contributed by atoms with Gasteiger partial charge in [0.15, 0.2) is 11.0 Å². The maximum absolute atomic E-state index is 12.7. The van der Waals surface area contributed by atoms with Gasteiger partial charge in [-0.2, -0.15) is 5.10 Å². The highest BCUT2D eigenvalue weighted by molar-refractivity contribution is 7.99. The minimum Gasteiger partial charge on any atom is -0.325 e. The number of nitrogens with zero attached hydrogens (tertiary/aromatic N) is 5. The van der Waals surface area contributed by atoms with Gasteiger partial charge in [0.05, 0.1) is 11.4 Å². The quantitative estimate of drug-likeness (QED) is 0.357. The maximum atomic E-state index is 12.7. The van der Waals surface area contributed by atoms with Gasteiger partial charge in [0.1, 0.15) is 12.2 Å². The second kappa shape index (κ2) is 9.99. The zero-order chi connectivity index (χ0) is 23.4. The number of amides is 1. The monoisotopic (exact) mass is 461 g/mol. The minimum atomic E-state index is -0.142. The Balaban J connectivity index is 1.44. The molecule has 170 valence electrons. The lowest BCUT2D eigenvalue weighted by Gasteiger charge is -2.10. The molecule has 4 aromatic rings. The molecule has 4 rings (SSSR count). The number of rotatable bonds is 8. The van der Waals surface area contributed by atoms with E-state index in [9.17, 15) is 4.79 Å². The fourth-order valence-electron chi connectivity index (χ4n) is 3.28. The molecule has 0 bridgehead atoms. The van der Waals surface area contributed by atoms with Crippen LogP contribution in [0.25, 0.3) is 17.1 Å². The fourth-order valence-corrected chi connectivity index (χ4v) is 4.01. The van der Waals surface area contributed by atoms with Crippen molar-refractivity contribution in [2.75, 3.05) is 11.1 Å². The van der Waals surface area contributed by atoms with Crippen molar-refractivity contribution in [3.8, 4) is 17.1 Å². The molecular formula is C24H27N7OS. The molecule has 0 saturated carbocycles. The Morgan fingerprint density at radius 3 is 2.52 bits per heavy atom. The minimum absolute atomic E-state index is 0.142. The summed E-state index contributed by atoms with van der Waals surface area (Å²) in [6.45, 7) is 8.42. The van der Waals surface area contributed by atoms with Gasteiger partial charge in [-0.25, -0.2) is 4.98 Å². The number of H-pyrrole nitrogens is 1. The topological polar surface area (TPSA) is 101 Å². The number of para-hydroxylation sites is 1. The Morgan fingerprint density at radius 1 is 1.06 bits per heavy atom. The molecule has 0 saturated heterocycles. The van der Waals surface area contributed by atoms with Crippen molar-refractivity contribution in [2.24, 2.45) is 0 Å². The second-order valence-electron chi connectivity index (χ2n) is 8.31. The molecule has 0 fully saturated rings. The number of carbonyl (C=O) groups excluding carboxylic acids is 1. The van der Waals surface area contributed by atoms with Crippen molar-refractivity contribution in [3.63, 3.8) is 0 Å². The molecule has 8 nitrogen and oxygen atoms in total. The van der Waals surface area contributed by atoms with E-state index in [4.69, 9.17) is 0 Å². The predicted octanol–water partition coefficient (Wildman–Crippen LogP) is 5.03. The van der Waals surface area contributed by atoms with E-state index in [-0.39, 0.29) is 17.6 Å². The van der Waals surface area contributed by atoms with E-state index in [1.807, 2.05) is 54.8 Å². The molecule has 2 N–H and O–H groups in total. The van der Waals surface area contributed by atoms with E-state index in [1.54, 1.807) is 6.33 Å². The molecule has 2 aromatic carbocycles. The van der Waals surface area contributed by atoms with Gasteiger partial charge in [0.25, 0.3) is 0 Å². The van der Waals surface area contributed by atoms with Crippen LogP contribution in [0.1, 0.15) is 50.9 Å². The normalized spacial score (nSPS) is 11.3. The molecular weight excluding hydrogens is 434 g/mol. The van der Waals surface area contributed by atoms with Gasteiger partial charge in [0, 0.05) is 17.2 Å². The molecule has 0 aliphatic rings. The van der Waals surface area contributed by atoms with E-state index < -0.39 is 0 Å². The Labute approximate surface area is 197 Å². The summed E-state index contributed by atoms with van der Waals surface area (Å²) < 4.78 is 1.89. The van der Waals surface area contributed by atoms with E-state index >= 15 is 0 Å². The van der Waals surface area contributed by atoms with Crippen molar-refractivity contribution >= 4 is 23.4 Å².